The van der Waals surface area contributed by atoms with E-state index in [0.29, 0.717) is 0 Å². The first kappa shape index (κ1) is 18.0. The van der Waals surface area contributed by atoms with Gasteiger partial charge in [0.2, 0.25) is 0 Å². The van der Waals surface area contributed by atoms with Crippen LogP contribution in [-0.2, 0) is 11.3 Å². The van der Waals surface area contributed by atoms with E-state index < -0.39 is 29.5 Å². The molecule has 1 heterocycles. The number of hydrazine groups is 1. The van der Waals surface area contributed by atoms with Crippen molar-refractivity contribution in [1.29, 1.82) is 0 Å². The standard InChI is InChI=1S/C14H11F3N4O4/c15-14(16,17)25-10-3-1-9(2-4-10)13(24)20-19-11(22)7-21-8-18-6-5-12(21)23/h1-6,8H,7H2,(H,19,22)(H,20,24). The predicted octanol–water partition coefficient (Wildman–Crippen LogP) is 0.603. The van der Waals surface area contributed by atoms with E-state index in [4.69, 9.17) is 0 Å². The predicted molar refractivity (Wildman–Crippen MR) is 77.2 cm³/mol. The Morgan fingerprint density at radius 1 is 1.12 bits per heavy atom. The smallest absolute Gasteiger partial charge is 0.406 e. The highest BCUT2D eigenvalue weighted by molar-refractivity contribution is 5.95. The number of benzene rings is 1. The third kappa shape index (κ3) is 5.64. The molecule has 0 aliphatic rings. The van der Waals surface area contributed by atoms with Gasteiger partial charge in [0.1, 0.15) is 12.3 Å². The molecule has 0 unspecified atom stereocenters. The number of ether oxygens (including phenoxy) is 1. The van der Waals surface area contributed by atoms with Gasteiger partial charge in [-0.25, -0.2) is 4.98 Å². The Hall–Kier alpha value is -3.37. The molecular weight excluding hydrogens is 345 g/mol. The molecule has 2 amide bonds. The van der Waals surface area contributed by atoms with Crippen molar-refractivity contribution in [2.24, 2.45) is 0 Å². The monoisotopic (exact) mass is 356 g/mol. The molecule has 2 N–H and O–H groups in total. The van der Waals surface area contributed by atoms with Gasteiger partial charge in [-0.3, -0.25) is 29.8 Å². The van der Waals surface area contributed by atoms with Crippen LogP contribution >= 0.6 is 0 Å². The number of aromatic nitrogens is 2. The van der Waals surface area contributed by atoms with E-state index in [2.05, 4.69) is 20.6 Å². The molecule has 8 nitrogen and oxygen atoms in total. The van der Waals surface area contributed by atoms with Crippen LogP contribution in [0.5, 0.6) is 5.75 Å². The average molecular weight is 356 g/mol. The quantitative estimate of drug-likeness (QED) is 0.782. The highest BCUT2D eigenvalue weighted by Crippen LogP contribution is 2.22. The van der Waals surface area contributed by atoms with E-state index in [1.165, 1.54) is 6.20 Å². The summed E-state index contributed by atoms with van der Waals surface area (Å²) in [4.78, 5) is 38.5. The van der Waals surface area contributed by atoms with Crippen molar-refractivity contribution in [1.82, 2.24) is 20.4 Å². The molecule has 0 spiro atoms. The van der Waals surface area contributed by atoms with Crippen molar-refractivity contribution in [3.05, 3.63) is 58.8 Å². The highest BCUT2D eigenvalue weighted by Gasteiger charge is 2.31. The molecule has 0 fully saturated rings. The molecule has 0 aliphatic heterocycles. The van der Waals surface area contributed by atoms with Gasteiger partial charge in [0.15, 0.2) is 0 Å². The van der Waals surface area contributed by atoms with Gasteiger partial charge in [0, 0.05) is 17.8 Å². The van der Waals surface area contributed by atoms with E-state index in [9.17, 15) is 27.6 Å². The van der Waals surface area contributed by atoms with Crippen LogP contribution < -0.4 is 21.1 Å². The second-order valence-electron chi connectivity index (χ2n) is 4.62. The SMILES string of the molecule is O=C(Cn1cnccc1=O)NNC(=O)c1ccc(OC(F)(F)F)cc1. The van der Waals surface area contributed by atoms with Crippen LogP contribution in [0.1, 0.15) is 10.4 Å². The van der Waals surface area contributed by atoms with E-state index in [1.54, 1.807) is 0 Å². The van der Waals surface area contributed by atoms with Gasteiger partial charge in [-0.05, 0) is 24.3 Å². The summed E-state index contributed by atoms with van der Waals surface area (Å²) < 4.78 is 40.8. The maximum atomic E-state index is 12.0. The largest absolute Gasteiger partial charge is 0.573 e. The van der Waals surface area contributed by atoms with Crippen LogP contribution in [-0.4, -0.2) is 27.7 Å². The molecule has 0 saturated heterocycles. The molecule has 0 bridgehead atoms. The molecule has 0 aliphatic carbocycles. The second kappa shape index (κ2) is 7.47. The third-order valence-corrected chi connectivity index (χ3v) is 2.77. The van der Waals surface area contributed by atoms with Crippen LogP contribution in [0.2, 0.25) is 0 Å². The molecule has 2 aromatic rings. The Kier molecular flexibility index (Phi) is 5.37. The summed E-state index contributed by atoms with van der Waals surface area (Å²) in [6.45, 7) is -0.370. The van der Waals surface area contributed by atoms with Crippen LogP contribution in [0.4, 0.5) is 13.2 Å². The number of amides is 2. The van der Waals surface area contributed by atoms with Crippen LogP contribution in [0.3, 0.4) is 0 Å². The summed E-state index contributed by atoms with van der Waals surface area (Å²) in [5.74, 6) is -1.94. The number of carbonyl (C=O) groups excluding carboxylic acids is 2. The van der Waals surface area contributed by atoms with Gasteiger partial charge in [-0.1, -0.05) is 0 Å². The van der Waals surface area contributed by atoms with Gasteiger partial charge in [0.25, 0.3) is 17.4 Å². The van der Waals surface area contributed by atoms with E-state index in [0.717, 1.165) is 41.2 Å². The van der Waals surface area contributed by atoms with Gasteiger partial charge >= 0.3 is 6.36 Å². The molecular formula is C14H11F3N4O4. The summed E-state index contributed by atoms with van der Waals surface area (Å²) in [7, 11) is 0. The lowest BCUT2D eigenvalue weighted by Gasteiger charge is -2.10. The van der Waals surface area contributed by atoms with Crippen molar-refractivity contribution in [2.45, 2.75) is 12.9 Å². The molecule has 1 aromatic carbocycles. The number of hydrogen-bond acceptors (Lipinski definition) is 5. The number of nitrogens with one attached hydrogen (secondary N) is 2. The Morgan fingerprint density at radius 2 is 1.80 bits per heavy atom. The normalized spacial score (nSPS) is 10.8. The topological polar surface area (TPSA) is 102 Å². The van der Waals surface area contributed by atoms with Crippen LogP contribution in [0.15, 0.2) is 47.7 Å². The fourth-order valence-corrected chi connectivity index (χ4v) is 1.70. The number of hydrogen-bond donors (Lipinski definition) is 2. The Morgan fingerprint density at radius 3 is 2.40 bits per heavy atom. The maximum absolute atomic E-state index is 12.0. The minimum Gasteiger partial charge on any atom is -0.406 e. The zero-order valence-corrected chi connectivity index (χ0v) is 12.4. The fourth-order valence-electron chi connectivity index (χ4n) is 1.70. The third-order valence-electron chi connectivity index (χ3n) is 2.77. The van der Waals surface area contributed by atoms with Crippen molar-refractivity contribution in [3.8, 4) is 5.75 Å². The summed E-state index contributed by atoms with van der Waals surface area (Å²) in [5, 5.41) is 0. The molecule has 0 radical (unpaired) electrons. The molecule has 0 saturated carbocycles. The maximum Gasteiger partial charge on any atom is 0.573 e. The minimum atomic E-state index is -4.83. The minimum absolute atomic E-state index is 0.00614. The molecule has 132 valence electrons. The first-order valence-electron chi connectivity index (χ1n) is 6.70. The lowest BCUT2D eigenvalue weighted by Crippen LogP contribution is -2.44. The lowest BCUT2D eigenvalue weighted by atomic mass is 10.2. The molecule has 11 heteroatoms. The summed E-state index contributed by atoms with van der Waals surface area (Å²) in [5.41, 5.74) is 3.69. The van der Waals surface area contributed by atoms with E-state index in [-0.39, 0.29) is 12.1 Å². The van der Waals surface area contributed by atoms with Gasteiger partial charge in [0.05, 0.1) is 6.33 Å². The number of carbonyl (C=O) groups is 2. The number of rotatable bonds is 4. The Labute approximate surface area is 138 Å². The van der Waals surface area contributed by atoms with Gasteiger partial charge < -0.3 is 4.74 Å². The number of nitrogens with zero attached hydrogens (tertiary/aromatic N) is 2. The number of alkyl halides is 3. The Balaban J connectivity index is 1.88. The van der Waals surface area contributed by atoms with Crippen LogP contribution in [0.25, 0.3) is 0 Å². The highest BCUT2D eigenvalue weighted by atomic mass is 19.4. The fraction of sp³-hybridized carbons (Fsp3) is 0.143. The summed E-state index contributed by atoms with van der Waals surface area (Å²) in [6.07, 6.45) is -2.41. The van der Waals surface area contributed by atoms with E-state index in [1.807, 2.05) is 0 Å². The summed E-state index contributed by atoms with van der Waals surface area (Å²) in [6, 6.07) is 5.26. The summed E-state index contributed by atoms with van der Waals surface area (Å²) >= 11 is 0. The van der Waals surface area contributed by atoms with Crippen molar-refractivity contribution in [2.75, 3.05) is 0 Å². The first-order chi connectivity index (χ1) is 11.7. The first-order valence-corrected chi connectivity index (χ1v) is 6.70. The van der Waals surface area contributed by atoms with Crippen molar-refractivity contribution >= 4 is 11.8 Å². The van der Waals surface area contributed by atoms with E-state index >= 15 is 0 Å². The zero-order chi connectivity index (χ0) is 18.4. The van der Waals surface area contributed by atoms with Crippen molar-refractivity contribution < 1.29 is 27.5 Å². The second-order valence-corrected chi connectivity index (χ2v) is 4.62. The molecule has 0 atom stereocenters. The van der Waals surface area contributed by atoms with Crippen LogP contribution in [0, 0.1) is 0 Å². The number of halogens is 3. The average Bonchev–Trinajstić information content (AvgIpc) is 2.54. The van der Waals surface area contributed by atoms with Gasteiger partial charge in [-0.2, -0.15) is 0 Å². The van der Waals surface area contributed by atoms with Gasteiger partial charge in [-0.15, -0.1) is 13.2 Å². The molecule has 1 aromatic heterocycles. The molecule has 25 heavy (non-hydrogen) atoms. The van der Waals surface area contributed by atoms with Crippen molar-refractivity contribution in [3.63, 3.8) is 0 Å². The molecule has 2 rings (SSSR count). The lowest BCUT2D eigenvalue weighted by molar-refractivity contribution is -0.274. The Bertz CT molecular complexity index is 818. The zero-order valence-electron chi connectivity index (χ0n) is 12.4.